The summed E-state index contributed by atoms with van der Waals surface area (Å²) in [5.41, 5.74) is 4.60. The van der Waals surface area contributed by atoms with Gasteiger partial charge in [0.15, 0.2) is 5.82 Å². The average Bonchev–Trinajstić information content (AvgIpc) is 3.44. The normalized spacial score (nSPS) is 22.3. The summed E-state index contributed by atoms with van der Waals surface area (Å²) in [5.74, 6) is 2.65. The Morgan fingerprint density at radius 3 is 3.00 bits per heavy atom. The maximum absolute atomic E-state index is 6.15. The number of ether oxygens (including phenoxy) is 1. The van der Waals surface area contributed by atoms with Gasteiger partial charge in [0.25, 0.3) is 0 Å². The fourth-order valence-corrected chi connectivity index (χ4v) is 4.93. The molecule has 2 aromatic heterocycles. The van der Waals surface area contributed by atoms with Crippen LogP contribution in [-0.4, -0.2) is 43.0 Å². The van der Waals surface area contributed by atoms with Crippen LogP contribution in [0.25, 0.3) is 28.5 Å². The van der Waals surface area contributed by atoms with Crippen molar-refractivity contribution in [2.24, 2.45) is 0 Å². The molecule has 0 amide bonds. The molecule has 6 rings (SSSR count). The van der Waals surface area contributed by atoms with Crippen LogP contribution in [0.4, 0.5) is 0 Å². The Balaban J connectivity index is 1.39. The molecule has 2 unspecified atom stereocenters. The Labute approximate surface area is 175 Å². The van der Waals surface area contributed by atoms with E-state index in [1.807, 2.05) is 4.68 Å². The maximum Gasteiger partial charge on any atom is 0.178 e. The van der Waals surface area contributed by atoms with Crippen molar-refractivity contribution in [3.63, 3.8) is 0 Å². The molecule has 154 valence electrons. The summed E-state index contributed by atoms with van der Waals surface area (Å²) in [6.07, 6.45) is 9.68. The van der Waals surface area contributed by atoms with Crippen molar-refractivity contribution in [3.05, 3.63) is 42.4 Å². The van der Waals surface area contributed by atoms with E-state index >= 15 is 0 Å². The van der Waals surface area contributed by atoms with Crippen molar-refractivity contribution in [1.82, 2.24) is 29.6 Å². The first kappa shape index (κ1) is 17.9. The van der Waals surface area contributed by atoms with Gasteiger partial charge in [-0.1, -0.05) is 12.1 Å². The third-order valence-corrected chi connectivity index (χ3v) is 6.40. The van der Waals surface area contributed by atoms with Crippen molar-refractivity contribution in [1.29, 1.82) is 0 Å². The molecular formula is C23H26N6O. The van der Waals surface area contributed by atoms with Crippen LogP contribution in [0.3, 0.4) is 0 Å². The number of hydrogen-bond acceptors (Lipinski definition) is 5. The standard InChI is InChI=1S/C23H26N6O/c1-14(2)29-23(24-13-25-29)20-12-28-7-8-30-21-11-15(3-6-19(21)22(28)27-20)16-9-17-4-5-18(10-16)26-17/h3,6,9,11-14,17-18,26H,4-5,7-8,10H2,1-2H3. The lowest BCUT2D eigenvalue weighted by atomic mass is 9.95. The topological polar surface area (TPSA) is 69.8 Å². The Kier molecular flexibility index (Phi) is 4.06. The van der Waals surface area contributed by atoms with E-state index in [9.17, 15) is 0 Å². The van der Waals surface area contributed by atoms with Gasteiger partial charge in [0, 0.05) is 24.3 Å². The number of nitrogens with zero attached hydrogens (tertiary/aromatic N) is 5. The van der Waals surface area contributed by atoms with Crippen molar-refractivity contribution in [2.75, 3.05) is 6.61 Å². The number of benzene rings is 1. The summed E-state index contributed by atoms with van der Waals surface area (Å²) < 4.78 is 10.2. The molecule has 3 aromatic rings. The monoisotopic (exact) mass is 402 g/mol. The van der Waals surface area contributed by atoms with Crippen molar-refractivity contribution >= 4 is 5.57 Å². The molecule has 0 aliphatic carbocycles. The highest BCUT2D eigenvalue weighted by atomic mass is 16.5. The average molecular weight is 403 g/mol. The van der Waals surface area contributed by atoms with Crippen LogP contribution in [0.15, 0.2) is 36.8 Å². The molecule has 3 aliphatic heterocycles. The summed E-state index contributed by atoms with van der Waals surface area (Å²) in [6, 6.07) is 7.96. The molecule has 2 bridgehead atoms. The maximum atomic E-state index is 6.15. The molecule has 2 atom stereocenters. The fraction of sp³-hybridized carbons (Fsp3) is 0.435. The van der Waals surface area contributed by atoms with Crippen LogP contribution in [0.1, 0.15) is 44.7 Å². The lowest BCUT2D eigenvalue weighted by molar-refractivity contribution is 0.306. The number of imidazole rings is 1. The van der Waals surface area contributed by atoms with E-state index in [0.29, 0.717) is 18.7 Å². The van der Waals surface area contributed by atoms with Crippen LogP contribution in [-0.2, 0) is 6.54 Å². The van der Waals surface area contributed by atoms with E-state index in [0.717, 1.165) is 41.6 Å². The van der Waals surface area contributed by atoms with Gasteiger partial charge in [-0.05, 0) is 56.4 Å². The highest BCUT2D eigenvalue weighted by Gasteiger charge is 2.29. The van der Waals surface area contributed by atoms with E-state index in [1.165, 1.54) is 24.0 Å². The fourth-order valence-electron chi connectivity index (χ4n) is 4.93. The molecule has 7 nitrogen and oxygen atoms in total. The molecule has 30 heavy (non-hydrogen) atoms. The van der Waals surface area contributed by atoms with Crippen LogP contribution >= 0.6 is 0 Å². The van der Waals surface area contributed by atoms with Gasteiger partial charge in [0.1, 0.15) is 30.2 Å². The Bertz CT molecular complexity index is 1140. The lowest BCUT2D eigenvalue weighted by Gasteiger charge is -2.22. The Morgan fingerprint density at radius 1 is 1.20 bits per heavy atom. The molecule has 0 spiro atoms. The number of hydrogen-bond donors (Lipinski definition) is 1. The van der Waals surface area contributed by atoms with Gasteiger partial charge in [0.05, 0.1) is 12.1 Å². The smallest absolute Gasteiger partial charge is 0.178 e. The Hall–Kier alpha value is -2.93. The molecule has 0 saturated carbocycles. The zero-order chi connectivity index (χ0) is 20.2. The van der Waals surface area contributed by atoms with Crippen molar-refractivity contribution in [2.45, 2.75) is 57.8 Å². The minimum atomic E-state index is 0.232. The number of aromatic nitrogens is 5. The molecule has 1 fully saturated rings. The van der Waals surface area contributed by atoms with E-state index in [4.69, 9.17) is 9.72 Å². The predicted octanol–water partition coefficient (Wildman–Crippen LogP) is 3.69. The van der Waals surface area contributed by atoms with E-state index in [-0.39, 0.29) is 6.04 Å². The molecule has 0 radical (unpaired) electrons. The molecule has 3 aliphatic rings. The number of fused-ring (bicyclic) bond motifs is 5. The summed E-state index contributed by atoms with van der Waals surface area (Å²) in [6.45, 7) is 5.60. The van der Waals surface area contributed by atoms with E-state index in [2.05, 4.69) is 64.3 Å². The van der Waals surface area contributed by atoms with Gasteiger partial charge in [-0.15, -0.1) is 0 Å². The van der Waals surface area contributed by atoms with Gasteiger partial charge >= 0.3 is 0 Å². The van der Waals surface area contributed by atoms with Gasteiger partial charge in [-0.25, -0.2) is 14.6 Å². The molecule has 1 N–H and O–H groups in total. The van der Waals surface area contributed by atoms with Gasteiger partial charge in [0.2, 0.25) is 0 Å². The predicted molar refractivity (Wildman–Crippen MR) is 115 cm³/mol. The zero-order valence-corrected chi connectivity index (χ0v) is 17.4. The first-order valence-corrected chi connectivity index (χ1v) is 10.9. The Morgan fingerprint density at radius 2 is 2.13 bits per heavy atom. The van der Waals surface area contributed by atoms with Crippen molar-refractivity contribution in [3.8, 4) is 28.7 Å². The largest absolute Gasteiger partial charge is 0.491 e. The molecule has 5 heterocycles. The third-order valence-electron chi connectivity index (χ3n) is 6.40. The highest BCUT2D eigenvalue weighted by molar-refractivity contribution is 5.75. The summed E-state index contributed by atoms with van der Waals surface area (Å²) in [7, 11) is 0. The van der Waals surface area contributed by atoms with Crippen LogP contribution in [0.2, 0.25) is 0 Å². The van der Waals surface area contributed by atoms with Crippen molar-refractivity contribution < 1.29 is 4.74 Å². The molecule has 7 heteroatoms. The minimum absolute atomic E-state index is 0.232. The van der Waals surface area contributed by atoms with Gasteiger partial charge in [-0.2, -0.15) is 5.10 Å². The quantitative estimate of drug-likeness (QED) is 0.724. The number of nitrogens with one attached hydrogen (secondary N) is 1. The minimum Gasteiger partial charge on any atom is -0.491 e. The third kappa shape index (κ3) is 2.88. The van der Waals surface area contributed by atoms with E-state index < -0.39 is 0 Å². The summed E-state index contributed by atoms with van der Waals surface area (Å²) in [4.78, 5) is 9.41. The molecule has 1 saturated heterocycles. The highest BCUT2D eigenvalue weighted by Crippen LogP contribution is 2.38. The van der Waals surface area contributed by atoms with E-state index in [1.54, 1.807) is 6.33 Å². The van der Waals surface area contributed by atoms with Crippen LogP contribution < -0.4 is 10.1 Å². The zero-order valence-electron chi connectivity index (χ0n) is 17.4. The van der Waals surface area contributed by atoms with Gasteiger partial charge in [-0.3, -0.25) is 0 Å². The van der Waals surface area contributed by atoms with Crippen LogP contribution in [0.5, 0.6) is 5.75 Å². The second-order valence-corrected chi connectivity index (χ2v) is 8.77. The summed E-state index contributed by atoms with van der Waals surface area (Å²) >= 11 is 0. The molecular weight excluding hydrogens is 376 g/mol. The van der Waals surface area contributed by atoms with Crippen LogP contribution in [0, 0.1) is 0 Å². The second kappa shape index (κ2) is 6.80. The number of rotatable bonds is 3. The lowest BCUT2D eigenvalue weighted by Crippen LogP contribution is -2.31. The SMILES string of the molecule is CC(C)n1ncnc1-c1cn2c(n1)-c1ccc(C3=CC4CCC(C3)N4)cc1OCC2. The second-order valence-electron chi connectivity index (χ2n) is 8.77. The molecule has 1 aromatic carbocycles. The van der Waals surface area contributed by atoms with Gasteiger partial charge < -0.3 is 14.6 Å². The first-order chi connectivity index (χ1) is 14.7. The summed E-state index contributed by atoms with van der Waals surface area (Å²) in [5, 5.41) is 8.03. The first-order valence-electron chi connectivity index (χ1n) is 10.9.